The molecule has 0 aromatic rings. The Morgan fingerprint density at radius 3 is 2.06 bits per heavy atom. The molecular weight excluding hydrogens is 254 g/mol. The monoisotopic (exact) mass is 269 g/mol. The number of methoxy groups -OCH3 is 1. The summed E-state index contributed by atoms with van der Waals surface area (Å²) in [5, 5.41) is 16.2. The van der Waals surface area contributed by atoms with Crippen molar-refractivity contribution in [1.82, 2.24) is 4.72 Å². The highest BCUT2D eigenvalue weighted by Crippen LogP contribution is 2.04. The minimum Gasteiger partial charge on any atom is -0.480 e. The maximum Gasteiger partial charge on any atom is 0.325 e. The topological polar surface area (TPSA) is 130 Å². The number of carboxylic acid groups (broad SMARTS) is 1. The number of carbonyl (C=O) groups is 2. The standard InChI is InChI=1S/C8H15NO7S/c1-4(10)6(7(11)12)9-17(14,15)5(2)8(13)16-3/h4-6,9-10H,1-3H3,(H,11,12). The Morgan fingerprint density at radius 1 is 1.29 bits per heavy atom. The number of carbonyl (C=O) groups excluding carboxylic acids is 1. The van der Waals surface area contributed by atoms with Crippen LogP contribution in [0.1, 0.15) is 13.8 Å². The summed E-state index contributed by atoms with van der Waals surface area (Å²) >= 11 is 0. The third kappa shape index (κ3) is 4.29. The Labute approximate surface area is 98.6 Å². The van der Waals surface area contributed by atoms with Gasteiger partial charge >= 0.3 is 11.9 Å². The van der Waals surface area contributed by atoms with Gasteiger partial charge in [0.2, 0.25) is 10.0 Å². The summed E-state index contributed by atoms with van der Waals surface area (Å²) < 4.78 is 29.1. The van der Waals surface area contributed by atoms with Crippen LogP contribution in [-0.4, -0.2) is 55.1 Å². The molecule has 0 aliphatic carbocycles. The lowest BCUT2D eigenvalue weighted by Gasteiger charge is -2.19. The number of rotatable bonds is 6. The largest absolute Gasteiger partial charge is 0.480 e. The molecular formula is C8H15NO7S. The average molecular weight is 269 g/mol. The molecule has 0 rings (SSSR count). The summed E-state index contributed by atoms with van der Waals surface area (Å²) in [7, 11) is -3.21. The van der Waals surface area contributed by atoms with Crippen molar-refractivity contribution in [2.45, 2.75) is 31.2 Å². The molecule has 0 spiro atoms. The van der Waals surface area contributed by atoms with Gasteiger partial charge in [-0.1, -0.05) is 0 Å². The lowest BCUT2D eigenvalue weighted by molar-refractivity contribution is -0.142. The quantitative estimate of drug-likeness (QED) is 0.490. The van der Waals surface area contributed by atoms with Crippen LogP contribution in [0.4, 0.5) is 0 Å². The number of hydrogen-bond donors (Lipinski definition) is 3. The van der Waals surface area contributed by atoms with Crippen LogP contribution < -0.4 is 4.72 Å². The third-order valence-electron chi connectivity index (χ3n) is 2.04. The molecule has 0 heterocycles. The molecule has 0 saturated heterocycles. The molecule has 3 unspecified atom stereocenters. The van der Waals surface area contributed by atoms with E-state index in [0.29, 0.717) is 0 Å². The van der Waals surface area contributed by atoms with Crippen LogP contribution in [0.3, 0.4) is 0 Å². The Balaban J connectivity index is 4.97. The van der Waals surface area contributed by atoms with Gasteiger partial charge in [0.15, 0.2) is 5.25 Å². The maximum absolute atomic E-state index is 11.6. The highest BCUT2D eigenvalue weighted by atomic mass is 32.2. The van der Waals surface area contributed by atoms with Crippen LogP contribution in [0.2, 0.25) is 0 Å². The van der Waals surface area contributed by atoms with Crippen LogP contribution >= 0.6 is 0 Å². The zero-order chi connectivity index (χ0) is 13.8. The smallest absolute Gasteiger partial charge is 0.325 e. The third-order valence-corrected chi connectivity index (χ3v) is 3.74. The molecule has 0 aliphatic heterocycles. The lowest BCUT2D eigenvalue weighted by atomic mass is 10.2. The Hall–Kier alpha value is -1.19. The van der Waals surface area contributed by atoms with E-state index >= 15 is 0 Å². The molecule has 0 amide bonds. The van der Waals surface area contributed by atoms with Gasteiger partial charge in [0, 0.05) is 0 Å². The van der Waals surface area contributed by atoms with Crippen molar-refractivity contribution >= 4 is 22.0 Å². The fourth-order valence-corrected chi connectivity index (χ4v) is 2.13. The zero-order valence-corrected chi connectivity index (χ0v) is 10.4. The van der Waals surface area contributed by atoms with E-state index in [-0.39, 0.29) is 0 Å². The predicted octanol–water partition coefficient (Wildman–Crippen LogP) is -1.70. The number of aliphatic hydroxyl groups is 1. The van der Waals surface area contributed by atoms with Crippen LogP contribution in [0.5, 0.6) is 0 Å². The lowest BCUT2D eigenvalue weighted by Crippen LogP contribution is -2.51. The predicted molar refractivity (Wildman–Crippen MR) is 56.6 cm³/mol. The first kappa shape index (κ1) is 15.8. The Kier molecular flexibility index (Phi) is 5.52. The van der Waals surface area contributed by atoms with Crippen molar-refractivity contribution in [3.8, 4) is 0 Å². The fraction of sp³-hybridized carbons (Fsp3) is 0.750. The first-order chi connectivity index (χ1) is 7.63. The highest BCUT2D eigenvalue weighted by molar-refractivity contribution is 7.90. The van der Waals surface area contributed by atoms with E-state index < -0.39 is 39.4 Å². The molecule has 0 saturated carbocycles. The Morgan fingerprint density at radius 2 is 1.76 bits per heavy atom. The molecule has 0 aromatic carbocycles. The molecule has 3 atom stereocenters. The van der Waals surface area contributed by atoms with E-state index in [1.165, 1.54) is 0 Å². The van der Waals surface area contributed by atoms with Crippen molar-refractivity contribution in [1.29, 1.82) is 0 Å². The van der Waals surface area contributed by atoms with Gasteiger partial charge in [-0.25, -0.2) is 8.42 Å². The molecule has 100 valence electrons. The second-order valence-corrected chi connectivity index (χ2v) is 5.42. The highest BCUT2D eigenvalue weighted by Gasteiger charge is 2.35. The van der Waals surface area contributed by atoms with Crippen LogP contribution in [0.25, 0.3) is 0 Å². The summed E-state index contributed by atoms with van der Waals surface area (Å²) in [5.41, 5.74) is 0. The van der Waals surface area contributed by atoms with E-state index in [4.69, 9.17) is 10.2 Å². The van der Waals surface area contributed by atoms with Crippen molar-refractivity contribution in [3.05, 3.63) is 0 Å². The van der Waals surface area contributed by atoms with Gasteiger partial charge in [-0.3, -0.25) is 9.59 Å². The van der Waals surface area contributed by atoms with E-state index in [0.717, 1.165) is 21.0 Å². The number of sulfonamides is 1. The van der Waals surface area contributed by atoms with Crippen LogP contribution in [0.15, 0.2) is 0 Å². The first-order valence-corrected chi connectivity index (χ1v) is 6.18. The molecule has 0 fully saturated rings. The molecule has 8 nitrogen and oxygen atoms in total. The molecule has 0 aliphatic rings. The van der Waals surface area contributed by atoms with Gasteiger partial charge < -0.3 is 14.9 Å². The maximum atomic E-state index is 11.6. The minimum absolute atomic E-state index is 1.01. The summed E-state index contributed by atoms with van der Waals surface area (Å²) in [6.45, 7) is 2.17. The van der Waals surface area contributed by atoms with Crippen molar-refractivity contribution in [3.63, 3.8) is 0 Å². The van der Waals surface area contributed by atoms with Crippen molar-refractivity contribution in [2.24, 2.45) is 0 Å². The van der Waals surface area contributed by atoms with Gasteiger partial charge in [-0.2, -0.15) is 4.72 Å². The van der Waals surface area contributed by atoms with Gasteiger partial charge in [-0.15, -0.1) is 0 Å². The van der Waals surface area contributed by atoms with Crippen molar-refractivity contribution < 1.29 is 33.0 Å². The van der Waals surface area contributed by atoms with E-state index in [2.05, 4.69) is 4.74 Å². The fourth-order valence-electron chi connectivity index (χ4n) is 0.927. The van der Waals surface area contributed by atoms with E-state index in [1.807, 2.05) is 0 Å². The molecule has 9 heteroatoms. The van der Waals surface area contributed by atoms with Crippen LogP contribution in [-0.2, 0) is 24.3 Å². The van der Waals surface area contributed by atoms with E-state index in [9.17, 15) is 18.0 Å². The SMILES string of the molecule is COC(=O)C(C)S(=O)(=O)NC(C(=O)O)C(C)O. The Bertz CT molecular complexity index is 389. The number of hydrogen-bond acceptors (Lipinski definition) is 6. The second-order valence-electron chi connectivity index (χ2n) is 3.38. The summed E-state index contributed by atoms with van der Waals surface area (Å²) in [6, 6.07) is -1.72. The van der Waals surface area contributed by atoms with Gasteiger partial charge in [0.1, 0.15) is 6.04 Å². The molecule has 3 N–H and O–H groups in total. The van der Waals surface area contributed by atoms with Crippen molar-refractivity contribution in [2.75, 3.05) is 7.11 Å². The number of esters is 1. The number of aliphatic hydroxyl groups excluding tert-OH is 1. The summed E-state index contributed by atoms with van der Waals surface area (Å²) in [6.07, 6.45) is -1.44. The second kappa shape index (κ2) is 5.94. The number of aliphatic carboxylic acids is 1. The summed E-state index contributed by atoms with van der Waals surface area (Å²) in [4.78, 5) is 21.7. The molecule has 17 heavy (non-hydrogen) atoms. The number of carboxylic acids is 1. The minimum atomic E-state index is -4.23. The molecule has 0 aromatic heterocycles. The zero-order valence-electron chi connectivity index (χ0n) is 9.58. The average Bonchev–Trinajstić information content (AvgIpc) is 2.22. The first-order valence-electron chi connectivity index (χ1n) is 4.63. The normalized spacial score (nSPS) is 16.9. The van der Waals surface area contributed by atoms with Gasteiger partial charge in [0.25, 0.3) is 0 Å². The number of nitrogens with one attached hydrogen (secondary N) is 1. The van der Waals surface area contributed by atoms with E-state index in [1.54, 1.807) is 4.72 Å². The van der Waals surface area contributed by atoms with Crippen LogP contribution in [0, 0.1) is 0 Å². The van der Waals surface area contributed by atoms with Gasteiger partial charge in [-0.05, 0) is 13.8 Å². The number of ether oxygens (including phenoxy) is 1. The summed E-state index contributed by atoms with van der Waals surface area (Å²) in [5.74, 6) is -2.56. The molecule has 0 bridgehead atoms. The van der Waals surface area contributed by atoms with Gasteiger partial charge in [0.05, 0.1) is 13.2 Å². The molecule has 0 radical (unpaired) electrons.